The van der Waals surface area contributed by atoms with Crippen LogP contribution in [0.4, 0.5) is 0 Å². The molecule has 2 aromatic rings. The van der Waals surface area contributed by atoms with Crippen LogP contribution >= 0.6 is 11.3 Å². The first kappa shape index (κ1) is 20.0. The molecular weight excluding hydrogens is 362 g/mol. The maximum Gasteiger partial charge on any atom is 0.236 e. The lowest BCUT2D eigenvalue weighted by molar-refractivity contribution is -0.132. The summed E-state index contributed by atoms with van der Waals surface area (Å²) in [5.74, 6) is 1.64. The third-order valence-corrected chi connectivity index (χ3v) is 5.88. The summed E-state index contributed by atoms with van der Waals surface area (Å²) in [5.41, 5.74) is 0. The fourth-order valence-electron chi connectivity index (χ4n) is 3.35. The van der Waals surface area contributed by atoms with Crippen LogP contribution in [0.25, 0.3) is 10.7 Å². The predicted octanol–water partition coefficient (Wildman–Crippen LogP) is 2.22. The quantitative estimate of drug-likeness (QED) is 0.653. The summed E-state index contributed by atoms with van der Waals surface area (Å²) in [4.78, 5) is 24.4. The van der Waals surface area contributed by atoms with E-state index in [1.165, 1.54) is 0 Å². The molecule has 1 aliphatic heterocycles. The van der Waals surface area contributed by atoms with Crippen LogP contribution in [0.2, 0.25) is 0 Å². The maximum absolute atomic E-state index is 12.2. The van der Waals surface area contributed by atoms with Crippen molar-refractivity contribution in [2.75, 3.05) is 52.4 Å². The van der Waals surface area contributed by atoms with E-state index in [1.807, 2.05) is 36.3 Å². The van der Waals surface area contributed by atoms with Gasteiger partial charge in [0.1, 0.15) is 0 Å². The van der Waals surface area contributed by atoms with Crippen molar-refractivity contribution in [3.8, 4) is 10.7 Å². The molecule has 1 fully saturated rings. The number of carbonyl (C=O) groups is 1. The molecule has 148 valence electrons. The molecule has 8 heteroatoms. The first-order valence-corrected chi connectivity index (χ1v) is 10.7. The van der Waals surface area contributed by atoms with Crippen molar-refractivity contribution < 1.29 is 9.32 Å². The number of thiophene rings is 1. The highest BCUT2D eigenvalue weighted by Crippen LogP contribution is 2.21. The summed E-state index contributed by atoms with van der Waals surface area (Å²) >= 11 is 1.62. The molecule has 7 nitrogen and oxygen atoms in total. The Morgan fingerprint density at radius 1 is 1.22 bits per heavy atom. The lowest BCUT2D eigenvalue weighted by atomic mass is 10.2. The molecule has 3 rings (SSSR count). The van der Waals surface area contributed by atoms with E-state index in [9.17, 15) is 4.79 Å². The molecule has 0 spiro atoms. The molecule has 27 heavy (non-hydrogen) atoms. The van der Waals surface area contributed by atoms with Crippen molar-refractivity contribution in [3.63, 3.8) is 0 Å². The van der Waals surface area contributed by atoms with Crippen LogP contribution in [-0.4, -0.2) is 83.1 Å². The molecule has 0 saturated carbocycles. The molecule has 0 bridgehead atoms. The molecule has 1 amide bonds. The average Bonchev–Trinajstić information content (AvgIpc) is 3.36. The Labute approximate surface area is 164 Å². The Balaban J connectivity index is 1.35. The highest BCUT2D eigenvalue weighted by molar-refractivity contribution is 7.13. The predicted molar refractivity (Wildman–Crippen MR) is 107 cm³/mol. The van der Waals surface area contributed by atoms with Crippen LogP contribution in [0.1, 0.15) is 26.2 Å². The standard InChI is InChI=1S/C19H29N5O2S/c1-3-24(4-2)18(25)15-23-12-10-22(11-13-23)9-5-8-17-20-19(21-26-17)16-7-6-14-27-16/h6-7,14H,3-5,8-13,15H2,1-2H3. The molecule has 1 saturated heterocycles. The molecule has 0 N–H and O–H groups in total. The number of hydrogen-bond acceptors (Lipinski definition) is 7. The van der Waals surface area contributed by atoms with Crippen LogP contribution in [0.3, 0.4) is 0 Å². The summed E-state index contributed by atoms with van der Waals surface area (Å²) < 4.78 is 5.36. The van der Waals surface area contributed by atoms with Gasteiger partial charge in [0.15, 0.2) is 0 Å². The molecule has 1 aliphatic rings. The van der Waals surface area contributed by atoms with Gasteiger partial charge in [-0.25, -0.2) is 0 Å². The van der Waals surface area contributed by atoms with Gasteiger partial charge in [-0.3, -0.25) is 9.69 Å². The molecule has 0 unspecified atom stereocenters. The van der Waals surface area contributed by atoms with Crippen LogP contribution in [-0.2, 0) is 11.2 Å². The van der Waals surface area contributed by atoms with E-state index >= 15 is 0 Å². The minimum atomic E-state index is 0.242. The van der Waals surface area contributed by atoms with Crippen molar-refractivity contribution >= 4 is 17.2 Å². The maximum atomic E-state index is 12.2. The van der Waals surface area contributed by atoms with Gasteiger partial charge in [-0.1, -0.05) is 11.2 Å². The first-order chi connectivity index (χ1) is 13.2. The van der Waals surface area contributed by atoms with E-state index in [0.29, 0.717) is 18.3 Å². The molecule has 3 heterocycles. The number of hydrogen-bond donors (Lipinski definition) is 0. The Morgan fingerprint density at radius 2 is 1.96 bits per heavy atom. The van der Waals surface area contributed by atoms with Gasteiger partial charge < -0.3 is 14.3 Å². The van der Waals surface area contributed by atoms with Gasteiger partial charge in [0.2, 0.25) is 17.6 Å². The Kier molecular flexibility index (Phi) is 7.37. The van der Waals surface area contributed by atoms with Gasteiger partial charge in [0.05, 0.1) is 11.4 Å². The van der Waals surface area contributed by atoms with Gasteiger partial charge in [0.25, 0.3) is 0 Å². The van der Waals surface area contributed by atoms with Crippen LogP contribution in [0, 0.1) is 0 Å². The van der Waals surface area contributed by atoms with Crippen molar-refractivity contribution in [1.82, 2.24) is 24.8 Å². The lowest BCUT2D eigenvalue weighted by Gasteiger charge is -2.35. The Hall–Kier alpha value is -1.77. The highest BCUT2D eigenvalue weighted by Gasteiger charge is 2.20. The second kappa shape index (κ2) is 9.96. The highest BCUT2D eigenvalue weighted by atomic mass is 32.1. The van der Waals surface area contributed by atoms with Gasteiger partial charge in [0, 0.05) is 45.7 Å². The van der Waals surface area contributed by atoms with Gasteiger partial charge in [-0.15, -0.1) is 11.3 Å². The van der Waals surface area contributed by atoms with Crippen molar-refractivity contribution in [2.24, 2.45) is 0 Å². The Bertz CT molecular complexity index is 691. The van der Waals surface area contributed by atoms with E-state index in [0.717, 1.165) is 63.5 Å². The smallest absolute Gasteiger partial charge is 0.236 e. The van der Waals surface area contributed by atoms with Gasteiger partial charge in [-0.05, 0) is 38.3 Å². The molecular formula is C19H29N5O2S. The number of aryl methyl sites for hydroxylation is 1. The minimum absolute atomic E-state index is 0.242. The topological polar surface area (TPSA) is 65.7 Å². The van der Waals surface area contributed by atoms with Crippen LogP contribution in [0.15, 0.2) is 22.0 Å². The van der Waals surface area contributed by atoms with Crippen molar-refractivity contribution in [3.05, 3.63) is 23.4 Å². The normalized spacial score (nSPS) is 15.9. The number of amides is 1. The molecule has 0 aliphatic carbocycles. The first-order valence-electron chi connectivity index (χ1n) is 9.78. The van der Waals surface area contributed by atoms with Crippen molar-refractivity contribution in [1.29, 1.82) is 0 Å². The van der Waals surface area contributed by atoms with E-state index in [2.05, 4.69) is 19.9 Å². The Morgan fingerprint density at radius 3 is 2.63 bits per heavy atom. The number of piperazine rings is 1. The number of likely N-dealkylation sites (N-methyl/N-ethyl adjacent to an activating group) is 1. The second-order valence-corrected chi connectivity index (χ2v) is 7.72. The van der Waals surface area contributed by atoms with E-state index in [4.69, 9.17) is 4.52 Å². The number of aromatic nitrogens is 2. The second-order valence-electron chi connectivity index (χ2n) is 6.78. The third-order valence-electron chi connectivity index (χ3n) is 5.01. The number of rotatable bonds is 9. The zero-order valence-corrected chi connectivity index (χ0v) is 17.1. The number of carbonyl (C=O) groups excluding carboxylic acids is 1. The average molecular weight is 392 g/mol. The molecule has 0 aromatic carbocycles. The minimum Gasteiger partial charge on any atom is -0.342 e. The largest absolute Gasteiger partial charge is 0.342 e. The summed E-state index contributed by atoms with van der Waals surface area (Å²) in [7, 11) is 0. The van der Waals surface area contributed by atoms with Gasteiger partial charge in [-0.2, -0.15) is 4.98 Å². The molecule has 0 radical (unpaired) electrons. The fraction of sp³-hybridized carbons (Fsp3) is 0.632. The molecule has 0 atom stereocenters. The zero-order valence-electron chi connectivity index (χ0n) is 16.3. The third kappa shape index (κ3) is 5.60. The van der Waals surface area contributed by atoms with E-state index in [-0.39, 0.29) is 5.91 Å². The van der Waals surface area contributed by atoms with E-state index < -0.39 is 0 Å². The lowest BCUT2D eigenvalue weighted by Crippen LogP contribution is -2.50. The summed E-state index contributed by atoms with van der Waals surface area (Å²) in [6, 6.07) is 4.00. The summed E-state index contributed by atoms with van der Waals surface area (Å²) in [6.07, 6.45) is 1.81. The van der Waals surface area contributed by atoms with E-state index in [1.54, 1.807) is 11.3 Å². The van der Waals surface area contributed by atoms with Crippen LogP contribution in [0.5, 0.6) is 0 Å². The number of nitrogens with zero attached hydrogens (tertiary/aromatic N) is 5. The van der Waals surface area contributed by atoms with Crippen molar-refractivity contribution in [2.45, 2.75) is 26.7 Å². The monoisotopic (exact) mass is 391 g/mol. The van der Waals surface area contributed by atoms with Gasteiger partial charge >= 0.3 is 0 Å². The summed E-state index contributed by atoms with van der Waals surface area (Å²) in [6.45, 7) is 11.1. The fourth-order valence-corrected chi connectivity index (χ4v) is 4.00. The zero-order chi connectivity index (χ0) is 19.1. The molecule has 2 aromatic heterocycles. The SMILES string of the molecule is CCN(CC)C(=O)CN1CCN(CCCc2nc(-c3cccs3)no2)CC1. The van der Waals surface area contributed by atoms with Crippen LogP contribution < -0.4 is 0 Å². The summed E-state index contributed by atoms with van der Waals surface area (Å²) in [5, 5.41) is 6.07.